The number of aliphatic imine (C=N–C) groups is 2. The van der Waals surface area contributed by atoms with Gasteiger partial charge in [0.05, 0.1) is 17.8 Å². The maximum atomic E-state index is 11.7. The summed E-state index contributed by atoms with van der Waals surface area (Å²) in [5.74, 6) is -0.234. The van der Waals surface area contributed by atoms with Crippen LogP contribution in [0.1, 0.15) is 41.9 Å². The number of aryl methyl sites for hydroxylation is 1. The lowest BCUT2D eigenvalue weighted by Crippen LogP contribution is -2.45. The van der Waals surface area contributed by atoms with Gasteiger partial charge >= 0.3 is 5.97 Å². The molecule has 2 aliphatic rings. The van der Waals surface area contributed by atoms with E-state index in [-0.39, 0.29) is 17.9 Å². The first-order chi connectivity index (χ1) is 12.5. The van der Waals surface area contributed by atoms with Crippen LogP contribution in [0.15, 0.2) is 40.3 Å². The first-order valence-corrected chi connectivity index (χ1v) is 8.76. The average molecular weight is 351 g/mol. The van der Waals surface area contributed by atoms with Crippen LogP contribution >= 0.6 is 0 Å². The molecule has 0 fully saturated rings. The third-order valence-corrected chi connectivity index (χ3v) is 5.01. The van der Waals surface area contributed by atoms with Crippen LogP contribution < -0.4 is 4.90 Å². The summed E-state index contributed by atoms with van der Waals surface area (Å²) in [5, 5.41) is 13.8. The molecule has 134 valence electrons. The Balaban J connectivity index is 1.94. The van der Waals surface area contributed by atoms with Gasteiger partial charge < -0.3 is 10.0 Å². The third kappa shape index (κ3) is 2.34. The molecule has 2 unspecified atom stereocenters. The first kappa shape index (κ1) is 16.5. The van der Waals surface area contributed by atoms with Crippen molar-refractivity contribution in [3.63, 3.8) is 0 Å². The van der Waals surface area contributed by atoms with E-state index in [2.05, 4.69) is 16.9 Å². The number of hydrogen-bond donors (Lipinski definition) is 1. The van der Waals surface area contributed by atoms with Gasteiger partial charge in [-0.25, -0.2) is 4.79 Å². The van der Waals surface area contributed by atoms with Crippen molar-refractivity contribution >= 4 is 23.2 Å². The fraction of sp³-hybridized carbons (Fsp3) is 0.368. The molecular weight excluding hydrogens is 330 g/mol. The Morgan fingerprint density at radius 1 is 1.31 bits per heavy atom. The Morgan fingerprint density at radius 3 is 2.69 bits per heavy atom. The summed E-state index contributed by atoms with van der Waals surface area (Å²) < 4.78 is 1.65. The Hall–Kier alpha value is -2.96. The number of nitrogens with zero attached hydrogens (tertiary/aromatic N) is 5. The number of aromatic nitrogens is 2. The highest BCUT2D eigenvalue weighted by Crippen LogP contribution is 2.36. The topological polar surface area (TPSA) is 83.1 Å². The molecule has 26 heavy (non-hydrogen) atoms. The minimum Gasteiger partial charge on any atom is -0.476 e. The second-order valence-corrected chi connectivity index (χ2v) is 6.56. The van der Waals surface area contributed by atoms with Crippen LogP contribution in [-0.2, 0) is 13.6 Å². The zero-order valence-electron chi connectivity index (χ0n) is 15.0. The molecule has 1 N–H and O–H groups in total. The number of carboxylic acid groups (broad SMARTS) is 1. The van der Waals surface area contributed by atoms with E-state index in [0.29, 0.717) is 12.1 Å². The smallest absolute Gasteiger partial charge is 0.356 e. The molecule has 0 spiro atoms. The standard InChI is InChI=1S/C19H21N5O2/c1-4-14-17-15(12-8-6-5-7-9-12)20-10-13-16(19(25)26)22-23(3)18(13)24(17)11(2)21-14/h5-9,11,17H,4,10H2,1-3H3,(H,25,26). The van der Waals surface area contributed by atoms with Gasteiger partial charge in [-0.05, 0) is 18.9 Å². The van der Waals surface area contributed by atoms with Crippen LogP contribution in [-0.4, -0.2) is 44.5 Å². The number of carbonyl (C=O) groups is 1. The zero-order chi connectivity index (χ0) is 18.4. The highest BCUT2D eigenvalue weighted by molar-refractivity contribution is 6.22. The van der Waals surface area contributed by atoms with Gasteiger partial charge in [0, 0.05) is 12.8 Å². The van der Waals surface area contributed by atoms with Gasteiger partial charge in [-0.2, -0.15) is 5.10 Å². The Kier molecular flexibility index (Phi) is 3.86. The number of benzene rings is 1. The number of carboxylic acids is 1. The van der Waals surface area contributed by atoms with Gasteiger partial charge in [0.15, 0.2) is 5.69 Å². The molecule has 2 atom stereocenters. The van der Waals surface area contributed by atoms with Crippen molar-refractivity contribution < 1.29 is 9.90 Å². The van der Waals surface area contributed by atoms with E-state index in [1.54, 1.807) is 11.7 Å². The molecule has 0 amide bonds. The number of fused-ring (bicyclic) bond motifs is 3. The van der Waals surface area contributed by atoms with Crippen molar-refractivity contribution in [2.75, 3.05) is 4.90 Å². The number of hydrogen-bond acceptors (Lipinski definition) is 5. The molecule has 2 aliphatic heterocycles. The summed E-state index contributed by atoms with van der Waals surface area (Å²) in [6.45, 7) is 4.42. The van der Waals surface area contributed by atoms with Crippen molar-refractivity contribution in [3.8, 4) is 0 Å². The van der Waals surface area contributed by atoms with Crippen molar-refractivity contribution in [3.05, 3.63) is 47.2 Å². The highest BCUT2D eigenvalue weighted by Gasteiger charge is 2.42. The third-order valence-electron chi connectivity index (χ3n) is 5.01. The molecule has 2 aromatic rings. The molecular formula is C19H21N5O2. The van der Waals surface area contributed by atoms with Crippen LogP contribution in [0.3, 0.4) is 0 Å². The molecule has 0 saturated heterocycles. The fourth-order valence-corrected chi connectivity index (χ4v) is 3.93. The molecule has 7 nitrogen and oxygen atoms in total. The largest absolute Gasteiger partial charge is 0.476 e. The Morgan fingerprint density at radius 2 is 2.04 bits per heavy atom. The minimum atomic E-state index is -1.03. The second-order valence-electron chi connectivity index (χ2n) is 6.56. The van der Waals surface area contributed by atoms with E-state index in [1.807, 2.05) is 37.3 Å². The van der Waals surface area contributed by atoms with E-state index < -0.39 is 5.97 Å². The van der Waals surface area contributed by atoms with Crippen LogP contribution in [0, 0.1) is 0 Å². The molecule has 1 aromatic carbocycles. The molecule has 0 saturated carbocycles. The number of aromatic carboxylic acids is 1. The van der Waals surface area contributed by atoms with Gasteiger partial charge in [0.1, 0.15) is 18.0 Å². The number of anilines is 1. The predicted octanol–water partition coefficient (Wildman–Crippen LogP) is 2.51. The van der Waals surface area contributed by atoms with Crippen molar-refractivity contribution in [1.29, 1.82) is 0 Å². The van der Waals surface area contributed by atoms with Gasteiger partial charge in [-0.1, -0.05) is 37.3 Å². The maximum absolute atomic E-state index is 11.7. The summed E-state index contributed by atoms with van der Waals surface area (Å²) in [6, 6.07) is 9.94. The zero-order valence-corrected chi connectivity index (χ0v) is 15.0. The molecule has 3 heterocycles. The van der Waals surface area contributed by atoms with Crippen LogP contribution in [0.2, 0.25) is 0 Å². The average Bonchev–Trinajstić information content (AvgIpc) is 3.06. The maximum Gasteiger partial charge on any atom is 0.356 e. The van der Waals surface area contributed by atoms with Gasteiger partial charge in [-0.15, -0.1) is 0 Å². The lowest BCUT2D eigenvalue weighted by molar-refractivity contribution is 0.0688. The second kappa shape index (κ2) is 6.09. The van der Waals surface area contributed by atoms with Crippen LogP contribution in [0.5, 0.6) is 0 Å². The fourth-order valence-electron chi connectivity index (χ4n) is 3.93. The molecule has 7 heteroatoms. The summed E-state index contributed by atoms with van der Waals surface area (Å²) in [6.07, 6.45) is 0.717. The summed E-state index contributed by atoms with van der Waals surface area (Å²) in [5.41, 5.74) is 3.75. The van der Waals surface area contributed by atoms with E-state index in [1.165, 1.54) is 0 Å². The molecule has 4 rings (SSSR count). The van der Waals surface area contributed by atoms with Crippen LogP contribution in [0.25, 0.3) is 0 Å². The van der Waals surface area contributed by atoms with Gasteiger partial charge in [0.2, 0.25) is 0 Å². The van der Waals surface area contributed by atoms with E-state index in [0.717, 1.165) is 29.2 Å². The molecule has 0 aliphatic carbocycles. The Labute approximate surface area is 151 Å². The molecule has 0 bridgehead atoms. The minimum absolute atomic E-state index is 0.0662. The normalized spacial score (nSPS) is 21.6. The predicted molar refractivity (Wildman–Crippen MR) is 100 cm³/mol. The lowest BCUT2D eigenvalue weighted by Gasteiger charge is -2.30. The monoisotopic (exact) mass is 351 g/mol. The van der Waals surface area contributed by atoms with E-state index in [4.69, 9.17) is 9.98 Å². The molecule has 0 radical (unpaired) electrons. The Bertz CT molecular complexity index is 929. The quantitative estimate of drug-likeness (QED) is 0.921. The highest BCUT2D eigenvalue weighted by atomic mass is 16.4. The van der Waals surface area contributed by atoms with E-state index >= 15 is 0 Å². The first-order valence-electron chi connectivity index (χ1n) is 8.76. The van der Waals surface area contributed by atoms with Crippen LogP contribution in [0.4, 0.5) is 5.82 Å². The van der Waals surface area contributed by atoms with Crippen molar-refractivity contribution in [2.24, 2.45) is 17.0 Å². The lowest BCUT2D eigenvalue weighted by atomic mass is 9.97. The van der Waals surface area contributed by atoms with Crippen molar-refractivity contribution in [1.82, 2.24) is 9.78 Å². The van der Waals surface area contributed by atoms with E-state index in [9.17, 15) is 9.90 Å². The summed E-state index contributed by atoms with van der Waals surface area (Å²) >= 11 is 0. The van der Waals surface area contributed by atoms with Gasteiger partial charge in [0.25, 0.3) is 0 Å². The van der Waals surface area contributed by atoms with Crippen molar-refractivity contribution in [2.45, 2.75) is 39.0 Å². The van der Waals surface area contributed by atoms with Gasteiger partial charge in [-0.3, -0.25) is 14.7 Å². The number of rotatable bonds is 3. The summed E-state index contributed by atoms with van der Waals surface area (Å²) in [7, 11) is 1.78. The molecule has 1 aromatic heterocycles. The summed E-state index contributed by atoms with van der Waals surface area (Å²) in [4.78, 5) is 23.5. The SMILES string of the molecule is CCC1=NC(C)N2c3c(c(C(=O)O)nn3C)CN=C(c3ccccc3)C12.